The molecule has 2 fully saturated rings. The lowest BCUT2D eigenvalue weighted by atomic mass is 9.95. The van der Waals surface area contributed by atoms with Crippen molar-refractivity contribution in [2.75, 3.05) is 13.1 Å². The van der Waals surface area contributed by atoms with E-state index in [4.69, 9.17) is 0 Å². The summed E-state index contributed by atoms with van der Waals surface area (Å²) in [5.74, 6) is 0.366. The Hall–Kier alpha value is -1.98. The zero-order valence-electron chi connectivity index (χ0n) is 14.3. The molecular formula is C18H26N4O2. The van der Waals surface area contributed by atoms with Crippen molar-refractivity contribution in [2.45, 2.75) is 57.9 Å². The van der Waals surface area contributed by atoms with Crippen molar-refractivity contribution in [3.8, 4) is 0 Å². The molecule has 1 atom stereocenters. The molecule has 24 heavy (non-hydrogen) atoms. The van der Waals surface area contributed by atoms with Crippen molar-refractivity contribution in [1.82, 2.24) is 20.2 Å². The Bertz CT molecular complexity index is 598. The number of aromatic nitrogens is 2. The second-order valence-corrected chi connectivity index (χ2v) is 6.98. The highest BCUT2D eigenvalue weighted by molar-refractivity contribution is 5.93. The summed E-state index contributed by atoms with van der Waals surface area (Å²) in [6.07, 6.45) is 10.6. The highest BCUT2D eigenvalue weighted by atomic mass is 16.2. The van der Waals surface area contributed by atoms with E-state index in [-0.39, 0.29) is 17.9 Å². The fourth-order valence-corrected chi connectivity index (χ4v) is 3.77. The average Bonchev–Trinajstić information content (AvgIpc) is 3.05. The van der Waals surface area contributed by atoms with Crippen molar-refractivity contribution in [3.05, 3.63) is 23.8 Å². The van der Waals surface area contributed by atoms with Gasteiger partial charge in [0.1, 0.15) is 5.69 Å². The molecule has 130 valence electrons. The van der Waals surface area contributed by atoms with Crippen LogP contribution in [0.15, 0.2) is 12.4 Å². The second kappa shape index (κ2) is 7.73. The van der Waals surface area contributed by atoms with Gasteiger partial charge in [0.2, 0.25) is 5.91 Å². The zero-order chi connectivity index (χ0) is 16.9. The molecule has 0 radical (unpaired) electrons. The molecule has 1 aliphatic heterocycles. The van der Waals surface area contributed by atoms with Crippen molar-refractivity contribution in [1.29, 1.82) is 0 Å². The minimum absolute atomic E-state index is 0.105. The standard InChI is InChI=1S/C18H26N4O2/c1-13(23)22-10-7-14(12-22)11-16-17(20-9-8-19-16)18(24)21-15-5-3-2-4-6-15/h8-9,14-15H,2-7,10-12H2,1H3,(H,21,24). The lowest BCUT2D eigenvalue weighted by Gasteiger charge is -2.23. The maximum atomic E-state index is 12.6. The first kappa shape index (κ1) is 16.9. The van der Waals surface area contributed by atoms with Gasteiger partial charge in [0, 0.05) is 38.4 Å². The van der Waals surface area contributed by atoms with Gasteiger partial charge in [0.15, 0.2) is 0 Å². The Morgan fingerprint density at radius 1 is 1.17 bits per heavy atom. The van der Waals surface area contributed by atoms with E-state index in [2.05, 4.69) is 15.3 Å². The van der Waals surface area contributed by atoms with Crippen molar-refractivity contribution < 1.29 is 9.59 Å². The Morgan fingerprint density at radius 3 is 2.62 bits per heavy atom. The maximum Gasteiger partial charge on any atom is 0.271 e. The quantitative estimate of drug-likeness (QED) is 0.915. The third-order valence-electron chi connectivity index (χ3n) is 5.14. The van der Waals surface area contributed by atoms with Gasteiger partial charge in [0.05, 0.1) is 5.69 Å². The topological polar surface area (TPSA) is 75.2 Å². The van der Waals surface area contributed by atoms with Crippen LogP contribution in [0.5, 0.6) is 0 Å². The first-order valence-electron chi connectivity index (χ1n) is 8.99. The van der Waals surface area contributed by atoms with Crippen LogP contribution in [-0.4, -0.2) is 45.8 Å². The summed E-state index contributed by atoms with van der Waals surface area (Å²) in [5.41, 5.74) is 1.20. The maximum absolute atomic E-state index is 12.6. The van der Waals surface area contributed by atoms with Gasteiger partial charge >= 0.3 is 0 Å². The highest BCUT2D eigenvalue weighted by Crippen LogP contribution is 2.22. The normalized spacial score (nSPS) is 21.7. The molecule has 2 heterocycles. The molecule has 1 unspecified atom stereocenters. The molecule has 1 aromatic heterocycles. The van der Waals surface area contributed by atoms with E-state index in [0.717, 1.165) is 38.0 Å². The molecule has 1 N–H and O–H groups in total. The summed E-state index contributed by atoms with van der Waals surface area (Å²) < 4.78 is 0. The number of hydrogen-bond donors (Lipinski definition) is 1. The first-order valence-corrected chi connectivity index (χ1v) is 8.99. The molecule has 0 spiro atoms. The Morgan fingerprint density at radius 2 is 1.92 bits per heavy atom. The molecule has 1 saturated heterocycles. The first-order chi connectivity index (χ1) is 11.6. The molecule has 3 rings (SSSR count). The largest absolute Gasteiger partial charge is 0.348 e. The minimum Gasteiger partial charge on any atom is -0.348 e. The summed E-state index contributed by atoms with van der Waals surface area (Å²) in [7, 11) is 0. The number of nitrogens with one attached hydrogen (secondary N) is 1. The van der Waals surface area contributed by atoms with Crippen molar-refractivity contribution >= 4 is 11.8 Å². The predicted octanol–water partition coefficient (Wildman–Crippen LogP) is 1.95. The molecule has 0 bridgehead atoms. The number of likely N-dealkylation sites (tertiary alicyclic amines) is 1. The molecule has 1 aromatic rings. The Balaban J connectivity index is 1.64. The monoisotopic (exact) mass is 330 g/mol. The van der Waals surface area contributed by atoms with Crippen LogP contribution in [0.2, 0.25) is 0 Å². The fraction of sp³-hybridized carbons (Fsp3) is 0.667. The van der Waals surface area contributed by atoms with E-state index in [1.54, 1.807) is 19.3 Å². The number of rotatable bonds is 4. The summed E-state index contributed by atoms with van der Waals surface area (Å²) >= 11 is 0. The summed E-state index contributed by atoms with van der Waals surface area (Å²) in [5, 5.41) is 3.12. The number of carbonyl (C=O) groups excluding carboxylic acids is 2. The Labute approximate surface area is 143 Å². The number of carbonyl (C=O) groups is 2. The van der Waals surface area contributed by atoms with E-state index >= 15 is 0 Å². The minimum atomic E-state index is -0.105. The second-order valence-electron chi connectivity index (χ2n) is 6.98. The van der Waals surface area contributed by atoms with Crippen LogP contribution in [0.3, 0.4) is 0 Å². The molecule has 1 saturated carbocycles. The molecule has 0 aromatic carbocycles. The average molecular weight is 330 g/mol. The third-order valence-corrected chi connectivity index (χ3v) is 5.14. The van der Waals surface area contributed by atoms with Gasteiger partial charge in [-0.15, -0.1) is 0 Å². The summed E-state index contributed by atoms with van der Waals surface area (Å²) in [4.78, 5) is 34.6. The number of amides is 2. The van der Waals surface area contributed by atoms with Gasteiger partial charge in [-0.1, -0.05) is 19.3 Å². The lowest BCUT2D eigenvalue weighted by Crippen LogP contribution is -2.37. The van der Waals surface area contributed by atoms with Gasteiger partial charge in [0.25, 0.3) is 5.91 Å². The van der Waals surface area contributed by atoms with Crippen LogP contribution in [0, 0.1) is 5.92 Å². The van der Waals surface area contributed by atoms with Crippen molar-refractivity contribution in [2.24, 2.45) is 5.92 Å². The Kier molecular flexibility index (Phi) is 5.43. The smallest absolute Gasteiger partial charge is 0.271 e. The third kappa shape index (κ3) is 4.10. The molecule has 2 aliphatic rings. The van der Waals surface area contributed by atoms with Gasteiger partial charge in [-0.2, -0.15) is 0 Å². The fourth-order valence-electron chi connectivity index (χ4n) is 3.77. The summed E-state index contributed by atoms with van der Waals surface area (Å²) in [6, 6.07) is 0.265. The predicted molar refractivity (Wildman–Crippen MR) is 90.4 cm³/mol. The van der Waals surface area contributed by atoms with Gasteiger partial charge in [-0.25, -0.2) is 4.98 Å². The van der Waals surface area contributed by atoms with Crippen LogP contribution in [0.1, 0.15) is 61.6 Å². The molecule has 6 nitrogen and oxygen atoms in total. The van der Waals surface area contributed by atoms with E-state index in [1.807, 2.05) is 4.90 Å². The van der Waals surface area contributed by atoms with E-state index in [9.17, 15) is 9.59 Å². The molecule has 1 aliphatic carbocycles. The number of hydrogen-bond acceptors (Lipinski definition) is 4. The van der Waals surface area contributed by atoms with Crippen LogP contribution < -0.4 is 5.32 Å². The lowest BCUT2D eigenvalue weighted by molar-refractivity contribution is -0.127. The van der Waals surface area contributed by atoms with E-state index in [1.165, 1.54) is 19.3 Å². The van der Waals surface area contributed by atoms with Crippen LogP contribution >= 0.6 is 0 Å². The van der Waals surface area contributed by atoms with Crippen LogP contribution in [-0.2, 0) is 11.2 Å². The van der Waals surface area contributed by atoms with Crippen LogP contribution in [0.4, 0.5) is 0 Å². The van der Waals surface area contributed by atoms with Gasteiger partial charge in [-0.3, -0.25) is 14.6 Å². The van der Waals surface area contributed by atoms with Crippen LogP contribution in [0.25, 0.3) is 0 Å². The molecular weight excluding hydrogens is 304 g/mol. The SMILES string of the molecule is CC(=O)N1CCC(Cc2nccnc2C(=O)NC2CCCCC2)C1. The zero-order valence-corrected chi connectivity index (χ0v) is 14.3. The molecule has 6 heteroatoms. The van der Waals surface area contributed by atoms with Gasteiger partial charge < -0.3 is 10.2 Å². The van der Waals surface area contributed by atoms with Crippen molar-refractivity contribution in [3.63, 3.8) is 0 Å². The summed E-state index contributed by atoms with van der Waals surface area (Å²) in [6.45, 7) is 3.15. The molecule has 2 amide bonds. The van der Waals surface area contributed by atoms with E-state index < -0.39 is 0 Å². The number of nitrogens with zero attached hydrogens (tertiary/aromatic N) is 3. The highest BCUT2D eigenvalue weighted by Gasteiger charge is 2.27. The van der Waals surface area contributed by atoms with Gasteiger partial charge in [-0.05, 0) is 31.6 Å². The van der Waals surface area contributed by atoms with E-state index in [0.29, 0.717) is 18.0 Å².